The van der Waals surface area contributed by atoms with Gasteiger partial charge in [-0.1, -0.05) is 65.2 Å². The predicted octanol–water partition coefficient (Wildman–Crippen LogP) is 7.89. The lowest BCUT2D eigenvalue weighted by Crippen LogP contribution is -2.68. The Balaban J connectivity index is 1.13. The smallest absolute Gasteiger partial charge is 0.313 e. The van der Waals surface area contributed by atoms with E-state index in [9.17, 15) is 15.0 Å². The first-order valence-corrected chi connectivity index (χ1v) is 22.0. The van der Waals surface area contributed by atoms with Crippen molar-refractivity contribution in [2.45, 2.75) is 148 Å². The van der Waals surface area contributed by atoms with Crippen LogP contribution in [0.4, 0.5) is 0 Å². The molecule has 1 aromatic rings. The molecular formula is C48H65NO8. The number of benzene rings is 1. The van der Waals surface area contributed by atoms with Crippen molar-refractivity contribution in [3.8, 4) is 11.5 Å². The molecule has 10 rings (SSSR count). The molecule has 9 heteroatoms. The number of esters is 1. The number of aliphatic hydroxyl groups excluding tert-OH is 1. The van der Waals surface area contributed by atoms with Gasteiger partial charge in [0.25, 0.3) is 5.91 Å². The molecule has 5 saturated carbocycles. The minimum atomic E-state index is -1.36. The summed E-state index contributed by atoms with van der Waals surface area (Å²) in [4.78, 5) is 45.8. The Morgan fingerprint density at radius 3 is 2.23 bits per heavy atom. The SMILES string of the molecule is COc1ccc(CN(C[C@]2(O)CC[C@H]3[C@]45C=C[C@@]6(C=C4C(=O)C4CCCCC4)CC(O)CC[C@]6(C)[C@H]5CC[C@@]32C)C(=O)[C@@]23CC[C@@](C)(C(=O)O2)C3(C)C)c(OC)c1. The number of carbonyl (C=O) groups excluding carboxylic acids is 3. The van der Waals surface area contributed by atoms with E-state index in [-0.39, 0.29) is 53.5 Å². The van der Waals surface area contributed by atoms with Gasteiger partial charge in [0.05, 0.1) is 37.9 Å². The summed E-state index contributed by atoms with van der Waals surface area (Å²) >= 11 is 0. The Kier molecular flexibility index (Phi) is 8.74. The van der Waals surface area contributed by atoms with Gasteiger partial charge in [-0.3, -0.25) is 14.4 Å². The molecular weight excluding hydrogens is 719 g/mol. The number of amides is 1. The molecule has 0 aromatic heterocycles. The molecule has 1 aromatic carbocycles. The molecule has 1 unspecified atom stereocenters. The van der Waals surface area contributed by atoms with Crippen molar-refractivity contribution in [2.24, 2.45) is 50.2 Å². The van der Waals surface area contributed by atoms with Crippen LogP contribution in [0.5, 0.6) is 11.5 Å². The van der Waals surface area contributed by atoms with Gasteiger partial charge in [0.15, 0.2) is 11.4 Å². The molecule has 1 aliphatic heterocycles. The molecule has 8 aliphatic carbocycles. The number of carbonyl (C=O) groups is 3. The number of ketones is 1. The molecule has 4 bridgehead atoms. The van der Waals surface area contributed by atoms with Crippen LogP contribution in [0.2, 0.25) is 0 Å². The number of hydrogen-bond donors (Lipinski definition) is 2. The van der Waals surface area contributed by atoms with E-state index in [2.05, 4.69) is 32.1 Å². The van der Waals surface area contributed by atoms with Gasteiger partial charge in [-0.05, 0) is 107 Å². The van der Waals surface area contributed by atoms with E-state index in [0.717, 1.165) is 68.9 Å². The Bertz CT molecular complexity index is 1950. The van der Waals surface area contributed by atoms with Crippen molar-refractivity contribution in [1.29, 1.82) is 0 Å². The number of methoxy groups -OCH3 is 2. The van der Waals surface area contributed by atoms with Crippen molar-refractivity contribution in [2.75, 3.05) is 20.8 Å². The van der Waals surface area contributed by atoms with Crippen LogP contribution < -0.4 is 9.47 Å². The second kappa shape index (κ2) is 12.7. The van der Waals surface area contributed by atoms with E-state index in [1.54, 1.807) is 19.1 Å². The zero-order chi connectivity index (χ0) is 40.6. The van der Waals surface area contributed by atoms with Crippen LogP contribution >= 0.6 is 0 Å². The van der Waals surface area contributed by atoms with Crippen LogP contribution in [0.1, 0.15) is 130 Å². The molecule has 310 valence electrons. The van der Waals surface area contributed by atoms with Gasteiger partial charge < -0.3 is 29.3 Å². The Morgan fingerprint density at radius 1 is 0.860 bits per heavy atom. The van der Waals surface area contributed by atoms with Crippen molar-refractivity contribution in [1.82, 2.24) is 4.90 Å². The summed E-state index contributed by atoms with van der Waals surface area (Å²) in [6, 6.07) is 5.57. The number of nitrogens with zero attached hydrogens (tertiary/aromatic N) is 1. The minimum Gasteiger partial charge on any atom is -0.497 e. The van der Waals surface area contributed by atoms with Gasteiger partial charge in [-0.15, -0.1) is 0 Å². The molecule has 2 spiro atoms. The van der Waals surface area contributed by atoms with Crippen molar-refractivity contribution < 1.29 is 38.8 Å². The first-order chi connectivity index (χ1) is 26.9. The van der Waals surface area contributed by atoms with Gasteiger partial charge in [0.2, 0.25) is 0 Å². The molecule has 9 nitrogen and oxygen atoms in total. The lowest BCUT2D eigenvalue weighted by molar-refractivity contribution is -0.189. The van der Waals surface area contributed by atoms with Crippen LogP contribution in [0.25, 0.3) is 0 Å². The van der Waals surface area contributed by atoms with Crippen molar-refractivity contribution >= 4 is 17.7 Å². The van der Waals surface area contributed by atoms with E-state index < -0.39 is 39.0 Å². The summed E-state index contributed by atoms with van der Waals surface area (Å²) in [7, 11) is 3.21. The van der Waals surface area contributed by atoms with Gasteiger partial charge >= 0.3 is 5.97 Å². The number of rotatable bonds is 9. The van der Waals surface area contributed by atoms with Crippen LogP contribution in [-0.4, -0.2) is 70.8 Å². The summed E-state index contributed by atoms with van der Waals surface area (Å²) in [5.41, 5.74) is -4.11. The van der Waals surface area contributed by atoms with Crippen LogP contribution in [0.3, 0.4) is 0 Å². The highest BCUT2D eigenvalue weighted by Crippen LogP contribution is 2.78. The van der Waals surface area contributed by atoms with Crippen molar-refractivity contribution in [3.05, 3.63) is 47.6 Å². The molecule has 10 atom stereocenters. The number of fused-ring (bicyclic) bond motifs is 3. The standard InChI is InChI=1S/C48H65NO8/c1-41(2)44(5)21-24-48(41,57-40(44)53)39(52)49(28-31-13-14-33(55-6)25-35(31)56-7)29-46(54)20-17-37-43(46,4)19-16-36-42(3)18-15-32(50)26-45(42)22-23-47(36,37)34(27-45)38(51)30-11-9-8-10-12-30/h13-14,22-23,25,27,30,32,36-37,50,54H,8-12,15-21,24,26,28-29H2,1-7H3/t32?,36-,37-,42-,43+,44+,45+,46-,47-,48-/m1/s1. The topological polar surface area (TPSA) is 123 Å². The lowest BCUT2D eigenvalue weighted by atomic mass is 9.32. The molecule has 1 amide bonds. The van der Waals surface area contributed by atoms with E-state index >= 15 is 9.59 Å². The van der Waals surface area contributed by atoms with Gasteiger partial charge in [-0.25, -0.2) is 0 Å². The maximum atomic E-state index is 15.4. The first-order valence-electron chi connectivity index (χ1n) is 22.0. The van der Waals surface area contributed by atoms with Gasteiger partial charge in [0.1, 0.15) is 11.5 Å². The highest BCUT2D eigenvalue weighted by Gasteiger charge is 2.78. The quantitative estimate of drug-likeness (QED) is 0.192. The third-order valence-electron chi connectivity index (χ3n) is 19.0. The fraction of sp³-hybridized carbons (Fsp3) is 0.729. The third-order valence-corrected chi connectivity index (χ3v) is 19.0. The molecule has 9 aliphatic rings. The zero-order valence-corrected chi connectivity index (χ0v) is 35.4. The van der Waals surface area contributed by atoms with E-state index in [0.29, 0.717) is 43.0 Å². The highest BCUT2D eigenvalue weighted by atomic mass is 16.6. The summed E-state index contributed by atoms with van der Waals surface area (Å²) in [5, 5.41) is 24.6. The zero-order valence-electron chi connectivity index (χ0n) is 35.4. The number of aliphatic hydroxyl groups is 2. The molecule has 2 N–H and O–H groups in total. The molecule has 6 fully saturated rings. The third kappa shape index (κ3) is 4.85. The van der Waals surface area contributed by atoms with Crippen LogP contribution in [0.15, 0.2) is 42.0 Å². The predicted molar refractivity (Wildman–Crippen MR) is 215 cm³/mol. The van der Waals surface area contributed by atoms with Crippen molar-refractivity contribution in [3.63, 3.8) is 0 Å². The Hall–Kier alpha value is -3.17. The summed E-state index contributed by atoms with van der Waals surface area (Å²) in [6.45, 7) is 10.8. The molecule has 1 heterocycles. The molecule has 57 heavy (non-hydrogen) atoms. The summed E-state index contributed by atoms with van der Waals surface area (Å²) in [5.74, 6) is 1.11. The maximum absolute atomic E-state index is 15.4. The second-order valence-electron chi connectivity index (χ2n) is 21.0. The largest absolute Gasteiger partial charge is 0.497 e. The summed E-state index contributed by atoms with van der Waals surface area (Å²) < 4.78 is 17.5. The van der Waals surface area contributed by atoms with Crippen LogP contribution in [0, 0.1) is 50.2 Å². The average Bonchev–Trinajstić information content (AvgIpc) is 3.65. The molecule has 1 saturated heterocycles. The normalized spacial score (nSPS) is 43.8. The average molecular weight is 784 g/mol. The van der Waals surface area contributed by atoms with E-state index in [4.69, 9.17) is 14.2 Å². The Labute approximate surface area is 339 Å². The lowest BCUT2D eigenvalue weighted by Gasteiger charge is -2.71. The monoisotopic (exact) mass is 783 g/mol. The number of Topliss-reactive ketones (excluding diaryl/α,β-unsaturated/α-hetero) is 1. The van der Waals surface area contributed by atoms with Gasteiger partial charge in [0, 0.05) is 51.3 Å². The first kappa shape index (κ1) is 39.3. The van der Waals surface area contributed by atoms with Gasteiger partial charge in [-0.2, -0.15) is 0 Å². The van der Waals surface area contributed by atoms with E-state index in [1.807, 2.05) is 39.0 Å². The second-order valence-corrected chi connectivity index (χ2v) is 21.0. The number of allylic oxidation sites excluding steroid dienone is 4. The fourth-order valence-electron chi connectivity index (χ4n) is 14.9. The van der Waals surface area contributed by atoms with Crippen LogP contribution in [-0.2, 0) is 25.7 Å². The van der Waals surface area contributed by atoms with E-state index in [1.165, 1.54) is 6.42 Å². The Morgan fingerprint density at radius 2 is 1.56 bits per heavy atom. The minimum absolute atomic E-state index is 0.0128. The fourth-order valence-corrected chi connectivity index (χ4v) is 14.9. The highest BCUT2D eigenvalue weighted by molar-refractivity contribution is 6.00. The maximum Gasteiger partial charge on any atom is 0.313 e. The number of ether oxygens (including phenoxy) is 3. The molecule has 0 radical (unpaired) electrons. The number of hydrogen-bond acceptors (Lipinski definition) is 8. The summed E-state index contributed by atoms with van der Waals surface area (Å²) in [6.07, 6.45) is 18.0.